The molecule has 2 aliphatic rings. The average molecular weight is 355 g/mol. The molecule has 2 fully saturated rings. The third-order valence-electron chi connectivity index (χ3n) is 5.25. The van der Waals surface area contributed by atoms with E-state index in [-0.39, 0.29) is 6.10 Å². The molecule has 130 valence electrons. The second kappa shape index (κ2) is 6.20. The molecule has 3 aromatic rings. The SMILES string of the molecule is Cc1ccc2sc(-c3nc(C4CN5CCCCC5CO4)no3)cc2c1. The first-order valence-corrected chi connectivity index (χ1v) is 9.78. The Labute approximate surface area is 150 Å². The maximum absolute atomic E-state index is 6.03. The number of hydrogen-bond donors (Lipinski definition) is 0. The molecular weight excluding hydrogens is 334 g/mol. The van der Waals surface area contributed by atoms with Crippen LogP contribution in [0.15, 0.2) is 28.8 Å². The van der Waals surface area contributed by atoms with Crippen LogP contribution in [0.2, 0.25) is 0 Å². The normalized spacial score (nSPS) is 24.5. The number of aromatic nitrogens is 2. The van der Waals surface area contributed by atoms with Gasteiger partial charge in [-0.3, -0.25) is 4.90 Å². The molecule has 25 heavy (non-hydrogen) atoms. The molecule has 2 aliphatic heterocycles. The van der Waals surface area contributed by atoms with Gasteiger partial charge in [0.05, 0.1) is 11.5 Å². The van der Waals surface area contributed by atoms with Crippen LogP contribution >= 0.6 is 11.3 Å². The maximum atomic E-state index is 6.03. The summed E-state index contributed by atoms with van der Waals surface area (Å²) in [6.45, 7) is 4.91. The van der Waals surface area contributed by atoms with Crippen LogP contribution in [0.25, 0.3) is 20.9 Å². The molecule has 5 rings (SSSR count). The van der Waals surface area contributed by atoms with Gasteiger partial charge in [0.15, 0.2) is 0 Å². The van der Waals surface area contributed by atoms with Crippen molar-refractivity contribution in [1.82, 2.24) is 15.0 Å². The summed E-state index contributed by atoms with van der Waals surface area (Å²) in [5.74, 6) is 1.27. The Balaban J connectivity index is 1.39. The Bertz CT molecular complexity index is 903. The molecular formula is C19H21N3O2S. The highest BCUT2D eigenvalue weighted by Gasteiger charge is 2.33. The number of piperidine rings is 1. The third kappa shape index (κ3) is 2.88. The Hall–Kier alpha value is -1.76. The van der Waals surface area contributed by atoms with Gasteiger partial charge in [0, 0.05) is 17.3 Å². The summed E-state index contributed by atoms with van der Waals surface area (Å²) in [7, 11) is 0. The molecule has 0 N–H and O–H groups in total. The smallest absolute Gasteiger partial charge is 0.268 e. The number of aryl methyl sites for hydroxylation is 1. The Morgan fingerprint density at radius 1 is 1.24 bits per heavy atom. The van der Waals surface area contributed by atoms with Crippen molar-refractivity contribution in [3.63, 3.8) is 0 Å². The second-order valence-electron chi connectivity index (χ2n) is 7.08. The Kier molecular flexibility index (Phi) is 3.84. The first kappa shape index (κ1) is 15.5. The second-order valence-corrected chi connectivity index (χ2v) is 8.16. The van der Waals surface area contributed by atoms with E-state index in [0.29, 0.717) is 17.8 Å². The van der Waals surface area contributed by atoms with Crippen LogP contribution in [0.3, 0.4) is 0 Å². The Morgan fingerprint density at radius 3 is 3.16 bits per heavy atom. The number of thiophene rings is 1. The molecule has 4 heterocycles. The van der Waals surface area contributed by atoms with Crippen molar-refractivity contribution in [2.45, 2.75) is 38.3 Å². The van der Waals surface area contributed by atoms with Gasteiger partial charge >= 0.3 is 0 Å². The highest BCUT2D eigenvalue weighted by molar-refractivity contribution is 7.22. The zero-order chi connectivity index (χ0) is 16.8. The number of morpholine rings is 1. The number of benzene rings is 1. The predicted molar refractivity (Wildman–Crippen MR) is 97.8 cm³/mol. The minimum atomic E-state index is -0.0801. The van der Waals surface area contributed by atoms with Gasteiger partial charge in [-0.2, -0.15) is 4.98 Å². The lowest BCUT2D eigenvalue weighted by molar-refractivity contribution is -0.0805. The lowest BCUT2D eigenvalue weighted by Gasteiger charge is -2.41. The van der Waals surface area contributed by atoms with Gasteiger partial charge < -0.3 is 9.26 Å². The molecule has 0 spiro atoms. The minimum absolute atomic E-state index is 0.0801. The van der Waals surface area contributed by atoms with Crippen molar-refractivity contribution in [1.29, 1.82) is 0 Å². The maximum Gasteiger partial charge on any atom is 0.268 e. The van der Waals surface area contributed by atoms with E-state index in [1.165, 1.54) is 34.9 Å². The number of fused-ring (bicyclic) bond motifs is 2. The van der Waals surface area contributed by atoms with Crippen molar-refractivity contribution in [2.24, 2.45) is 0 Å². The van der Waals surface area contributed by atoms with Crippen LogP contribution < -0.4 is 0 Å². The van der Waals surface area contributed by atoms with Gasteiger partial charge in [-0.1, -0.05) is 29.3 Å². The molecule has 1 aromatic carbocycles. The highest BCUT2D eigenvalue weighted by atomic mass is 32.1. The van der Waals surface area contributed by atoms with E-state index in [4.69, 9.17) is 9.26 Å². The van der Waals surface area contributed by atoms with Crippen molar-refractivity contribution in [3.05, 3.63) is 35.7 Å². The van der Waals surface area contributed by atoms with Gasteiger partial charge in [0.25, 0.3) is 5.89 Å². The largest absolute Gasteiger partial charge is 0.367 e. The molecule has 2 unspecified atom stereocenters. The number of nitrogens with zero attached hydrogens (tertiary/aromatic N) is 3. The van der Waals surface area contributed by atoms with Gasteiger partial charge in [0.1, 0.15) is 6.10 Å². The molecule has 6 heteroatoms. The summed E-state index contributed by atoms with van der Waals surface area (Å²) in [6.07, 6.45) is 3.75. The standard InChI is InChI=1S/C19H21N3O2S/c1-12-5-6-16-13(8-12)9-17(25-16)19-20-18(21-24-19)15-10-22-7-3-2-4-14(22)11-23-15/h5-6,8-9,14-15H,2-4,7,10-11H2,1H3. The summed E-state index contributed by atoms with van der Waals surface area (Å²) in [4.78, 5) is 8.18. The predicted octanol–water partition coefficient (Wildman–Crippen LogP) is 4.19. The molecule has 0 bridgehead atoms. The molecule has 2 aromatic heterocycles. The van der Waals surface area contributed by atoms with Gasteiger partial charge in [-0.25, -0.2) is 0 Å². The Morgan fingerprint density at radius 2 is 2.20 bits per heavy atom. The summed E-state index contributed by atoms with van der Waals surface area (Å²) in [5.41, 5.74) is 1.26. The van der Waals surface area contributed by atoms with Gasteiger partial charge in [0.2, 0.25) is 5.82 Å². The quantitative estimate of drug-likeness (QED) is 0.690. The van der Waals surface area contributed by atoms with Crippen LogP contribution in [0.1, 0.15) is 36.8 Å². The molecule has 0 amide bonds. The van der Waals surface area contributed by atoms with E-state index >= 15 is 0 Å². The summed E-state index contributed by atoms with van der Waals surface area (Å²) >= 11 is 1.69. The molecule has 0 saturated carbocycles. The summed E-state index contributed by atoms with van der Waals surface area (Å²) < 4.78 is 12.8. The average Bonchev–Trinajstić information content (AvgIpc) is 3.27. The summed E-state index contributed by atoms with van der Waals surface area (Å²) in [6, 6.07) is 9.17. The fourth-order valence-electron chi connectivity index (χ4n) is 3.87. The third-order valence-corrected chi connectivity index (χ3v) is 6.36. The number of ether oxygens (including phenoxy) is 1. The van der Waals surface area contributed by atoms with E-state index in [1.807, 2.05) is 0 Å². The van der Waals surface area contributed by atoms with E-state index in [9.17, 15) is 0 Å². The molecule has 2 atom stereocenters. The molecule has 2 saturated heterocycles. The van der Waals surface area contributed by atoms with Crippen molar-refractivity contribution < 1.29 is 9.26 Å². The van der Waals surface area contributed by atoms with Crippen molar-refractivity contribution in [2.75, 3.05) is 19.7 Å². The first-order chi connectivity index (χ1) is 12.3. The fraction of sp³-hybridized carbons (Fsp3) is 0.474. The monoisotopic (exact) mass is 355 g/mol. The van der Waals surface area contributed by atoms with E-state index in [1.54, 1.807) is 11.3 Å². The van der Waals surface area contributed by atoms with E-state index in [0.717, 1.165) is 24.6 Å². The van der Waals surface area contributed by atoms with E-state index < -0.39 is 0 Å². The first-order valence-electron chi connectivity index (χ1n) is 8.96. The van der Waals surface area contributed by atoms with E-state index in [2.05, 4.69) is 46.2 Å². The van der Waals surface area contributed by atoms with Crippen LogP contribution in [-0.2, 0) is 4.74 Å². The van der Waals surface area contributed by atoms with Crippen LogP contribution in [-0.4, -0.2) is 40.8 Å². The topological polar surface area (TPSA) is 51.4 Å². The fourth-order valence-corrected chi connectivity index (χ4v) is 4.84. The number of hydrogen-bond acceptors (Lipinski definition) is 6. The van der Waals surface area contributed by atoms with Gasteiger partial charge in [-0.05, 0) is 43.8 Å². The van der Waals surface area contributed by atoms with Crippen LogP contribution in [0.4, 0.5) is 0 Å². The zero-order valence-corrected chi connectivity index (χ0v) is 15.1. The lowest BCUT2D eigenvalue weighted by Crippen LogP contribution is -2.49. The highest BCUT2D eigenvalue weighted by Crippen LogP contribution is 2.34. The minimum Gasteiger partial charge on any atom is -0.367 e. The number of rotatable bonds is 2. The van der Waals surface area contributed by atoms with Crippen LogP contribution in [0, 0.1) is 6.92 Å². The van der Waals surface area contributed by atoms with Crippen molar-refractivity contribution in [3.8, 4) is 10.8 Å². The van der Waals surface area contributed by atoms with Gasteiger partial charge in [-0.15, -0.1) is 11.3 Å². The molecule has 5 nitrogen and oxygen atoms in total. The lowest BCUT2D eigenvalue weighted by atomic mass is 10.0. The summed E-state index contributed by atoms with van der Waals surface area (Å²) in [5, 5.41) is 5.44. The van der Waals surface area contributed by atoms with Crippen molar-refractivity contribution >= 4 is 21.4 Å². The molecule has 0 radical (unpaired) electrons. The molecule has 0 aliphatic carbocycles. The van der Waals surface area contributed by atoms with Crippen LogP contribution in [0.5, 0.6) is 0 Å². The zero-order valence-electron chi connectivity index (χ0n) is 14.3.